The van der Waals surface area contributed by atoms with Crippen LogP contribution in [0.2, 0.25) is 0 Å². The number of aliphatic hydroxyl groups excluding tert-OH is 1. The lowest BCUT2D eigenvalue weighted by molar-refractivity contribution is 0.296. The quantitative estimate of drug-likeness (QED) is 0.732. The molecule has 0 aliphatic heterocycles. The van der Waals surface area contributed by atoms with Crippen LogP contribution in [0.3, 0.4) is 0 Å². The molecule has 3 N–H and O–H groups in total. The summed E-state index contributed by atoms with van der Waals surface area (Å²) in [5.74, 6) is -0.140. The number of benzene rings is 1. The van der Waals surface area contributed by atoms with Crippen molar-refractivity contribution < 1.29 is 10.2 Å². The molecule has 0 bridgehead atoms. The van der Waals surface area contributed by atoms with E-state index in [4.69, 9.17) is 5.11 Å². The number of nitrogens with zero attached hydrogens (tertiary/aromatic N) is 1. The van der Waals surface area contributed by atoms with Gasteiger partial charge in [-0.25, -0.2) is 4.68 Å². The highest BCUT2D eigenvalue weighted by molar-refractivity contribution is 5.43. The second kappa shape index (κ2) is 4.47. The predicted octanol–water partition coefficient (Wildman–Crippen LogP) is 0.714. The van der Waals surface area contributed by atoms with E-state index >= 15 is 0 Å². The minimum absolute atomic E-state index is 0.139. The highest BCUT2D eigenvalue weighted by Gasteiger charge is 2.15. The van der Waals surface area contributed by atoms with Crippen LogP contribution in [0.4, 0.5) is 0 Å². The Hall–Kier alpha value is -2.01. The van der Waals surface area contributed by atoms with Gasteiger partial charge in [0, 0.05) is 13.0 Å². The number of aromatic nitrogens is 2. The minimum atomic E-state index is -0.375. The zero-order valence-electron chi connectivity index (χ0n) is 9.47. The average Bonchev–Trinajstić information content (AvgIpc) is 2.58. The number of nitrogens with one attached hydrogen (secondary N) is 1. The van der Waals surface area contributed by atoms with Crippen molar-refractivity contribution >= 4 is 0 Å². The molecule has 0 saturated heterocycles. The molecule has 5 heteroatoms. The lowest BCUT2D eigenvalue weighted by Crippen LogP contribution is -2.08. The molecule has 1 aromatic carbocycles. The van der Waals surface area contributed by atoms with E-state index in [-0.39, 0.29) is 30.0 Å². The smallest absolute Gasteiger partial charge is 0.271 e. The van der Waals surface area contributed by atoms with Gasteiger partial charge in [0.1, 0.15) is 0 Å². The topological polar surface area (TPSA) is 78.2 Å². The Morgan fingerprint density at radius 3 is 2.71 bits per heavy atom. The largest absolute Gasteiger partial charge is 0.493 e. The summed E-state index contributed by atoms with van der Waals surface area (Å²) in [6.45, 7) is 1.72. The fourth-order valence-electron chi connectivity index (χ4n) is 1.78. The van der Waals surface area contributed by atoms with E-state index in [1.807, 2.05) is 25.1 Å². The summed E-state index contributed by atoms with van der Waals surface area (Å²) in [5.41, 5.74) is 1.48. The molecular formula is C12H14N2O3. The highest BCUT2D eigenvalue weighted by Crippen LogP contribution is 2.20. The Labute approximate surface area is 97.9 Å². The molecule has 0 amide bonds. The molecule has 0 spiro atoms. The normalized spacial score (nSPS) is 10.7. The molecule has 2 rings (SSSR count). The molecule has 0 saturated carbocycles. The maximum atomic E-state index is 11.6. The van der Waals surface area contributed by atoms with Crippen LogP contribution >= 0.6 is 0 Å². The van der Waals surface area contributed by atoms with Crippen molar-refractivity contribution in [1.29, 1.82) is 0 Å². The maximum Gasteiger partial charge on any atom is 0.271 e. The SMILES string of the molecule is Cc1ccccc1-n1[nH]c(=O)c(CCO)c1O. The summed E-state index contributed by atoms with van der Waals surface area (Å²) in [4.78, 5) is 11.6. The van der Waals surface area contributed by atoms with Crippen molar-refractivity contribution in [2.75, 3.05) is 6.61 Å². The van der Waals surface area contributed by atoms with Gasteiger partial charge in [-0.1, -0.05) is 18.2 Å². The molecule has 0 aliphatic carbocycles. The standard InChI is InChI=1S/C12H14N2O3/c1-8-4-2-3-5-10(8)14-12(17)9(6-7-15)11(16)13-14/h2-5,15,17H,6-7H2,1H3,(H,13,16). The third kappa shape index (κ3) is 1.97. The van der Waals surface area contributed by atoms with Gasteiger partial charge in [0.2, 0.25) is 5.88 Å². The minimum Gasteiger partial charge on any atom is -0.493 e. The van der Waals surface area contributed by atoms with Crippen molar-refractivity contribution in [3.05, 3.63) is 45.7 Å². The van der Waals surface area contributed by atoms with Gasteiger partial charge in [0.05, 0.1) is 11.3 Å². The first kappa shape index (κ1) is 11.5. The summed E-state index contributed by atoms with van der Waals surface area (Å²) >= 11 is 0. The number of para-hydroxylation sites is 1. The van der Waals surface area contributed by atoms with Crippen LogP contribution in [-0.4, -0.2) is 26.6 Å². The average molecular weight is 234 g/mol. The summed E-state index contributed by atoms with van der Waals surface area (Å²) in [6.07, 6.45) is 0.139. The van der Waals surface area contributed by atoms with Gasteiger partial charge in [-0.2, -0.15) is 0 Å². The number of aliphatic hydroxyl groups is 1. The molecule has 0 unspecified atom stereocenters. The van der Waals surface area contributed by atoms with Gasteiger partial charge in [-0.3, -0.25) is 9.89 Å². The number of aromatic hydroxyl groups is 1. The fourth-order valence-corrected chi connectivity index (χ4v) is 1.78. The number of H-pyrrole nitrogens is 1. The van der Waals surface area contributed by atoms with Gasteiger partial charge < -0.3 is 10.2 Å². The molecule has 1 heterocycles. The Bertz CT molecular complexity index is 584. The van der Waals surface area contributed by atoms with Crippen LogP contribution in [-0.2, 0) is 6.42 Å². The lowest BCUT2D eigenvalue weighted by Gasteiger charge is -2.07. The fraction of sp³-hybridized carbons (Fsp3) is 0.250. The number of aromatic amines is 1. The van der Waals surface area contributed by atoms with Crippen molar-refractivity contribution in [1.82, 2.24) is 9.78 Å². The highest BCUT2D eigenvalue weighted by atomic mass is 16.3. The van der Waals surface area contributed by atoms with Crippen molar-refractivity contribution in [2.45, 2.75) is 13.3 Å². The molecule has 90 valence electrons. The molecule has 5 nitrogen and oxygen atoms in total. The van der Waals surface area contributed by atoms with Gasteiger partial charge >= 0.3 is 0 Å². The molecule has 0 radical (unpaired) electrons. The van der Waals surface area contributed by atoms with Crippen LogP contribution in [0.1, 0.15) is 11.1 Å². The van der Waals surface area contributed by atoms with E-state index in [1.165, 1.54) is 4.68 Å². The number of rotatable bonds is 3. The van der Waals surface area contributed by atoms with E-state index in [9.17, 15) is 9.90 Å². The second-order valence-corrected chi connectivity index (χ2v) is 3.84. The van der Waals surface area contributed by atoms with Gasteiger partial charge in [0.15, 0.2) is 0 Å². The Kier molecular flexibility index (Phi) is 3.01. The first-order chi connectivity index (χ1) is 8.15. The Morgan fingerprint density at radius 2 is 2.06 bits per heavy atom. The Balaban J connectivity index is 2.58. The zero-order valence-corrected chi connectivity index (χ0v) is 9.47. The van der Waals surface area contributed by atoms with Crippen LogP contribution in [0.5, 0.6) is 5.88 Å². The summed E-state index contributed by atoms with van der Waals surface area (Å²) < 4.78 is 1.34. The van der Waals surface area contributed by atoms with E-state index < -0.39 is 0 Å². The third-order valence-electron chi connectivity index (χ3n) is 2.69. The zero-order chi connectivity index (χ0) is 12.4. The molecule has 0 fully saturated rings. The van der Waals surface area contributed by atoms with E-state index in [0.29, 0.717) is 5.69 Å². The lowest BCUT2D eigenvalue weighted by atomic mass is 10.2. The molecule has 1 aromatic heterocycles. The van der Waals surface area contributed by atoms with Crippen LogP contribution in [0.25, 0.3) is 5.69 Å². The van der Waals surface area contributed by atoms with Gasteiger partial charge in [-0.05, 0) is 18.6 Å². The third-order valence-corrected chi connectivity index (χ3v) is 2.69. The number of hydrogen-bond acceptors (Lipinski definition) is 3. The summed E-state index contributed by atoms with van der Waals surface area (Å²) in [5, 5.41) is 21.3. The molecule has 17 heavy (non-hydrogen) atoms. The molecular weight excluding hydrogens is 220 g/mol. The second-order valence-electron chi connectivity index (χ2n) is 3.84. The van der Waals surface area contributed by atoms with Crippen LogP contribution in [0, 0.1) is 6.92 Å². The first-order valence-corrected chi connectivity index (χ1v) is 5.35. The molecule has 0 atom stereocenters. The predicted molar refractivity (Wildman–Crippen MR) is 63.6 cm³/mol. The van der Waals surface area contributed by atoms with Gasteiger partial charge in [0.25, 0.3) is 5.56 Å². The van der Waals surface area contributed by atoms with Gasteiger partial charge in [-0.15, -0.1) is 0 Å². The number of aryl methyl sites for hydroxylation is 1. The summed E-state index contributed by atoms with van der Waals surface area (Å²) in [6, 6.07) is 7.39. The van der Waals surface area contributed by atoms with E-state index in [2.05, 4.69) is 5.10 Å². The van der Waals surface area contributed by atoms with Crippen molar-refractivity contribution in [3.8, 4) is 11.6 Å². The monoisotopic (exact) mass is 234 g/mol. The number of hydrogen-bond donors (Lipinski definition) is 3. The van der Waals surface area contributed by atoms with Crippen LogP contribution in [0.15, 0.2) is 29.1 Å². The first-order valence-electron chi connectivity index (χ1n) is 5.35. The maximum absolute atomic E-state index is 11.6. The summed E-state index contributed by atoms with van der Waals surface area (Å²) in [7, 11) is 0. The van der Waals surface area contributed by atoms with Crippen molar-refractivity contribution in [3.63, 3.8) is 0 Å². The van der Waals surface area contributed by atoms with E-state index in [1.54, 1.807) is 6.07 Å². The van der Waals surface area contributed by atoms with Crippen molar-refractivity contribution in [2.24, 2.45) is 0 Å². The molecule has 0 aliphatic rings. The molecule has 2 aromatic rings. The van der Waals surface area contributed by atoms with E-state index in [0.717, 1.165) is 5.56 Å². The Morgan fingerprint density at radius 1 is 1.35 bits per heavy atom. The van der Waals surface area contributed by atoms with Crippen LogP contribution < -0.4 is 5.56 Å².